The van der Waals surface area contributed by atoms with Crippen molar-refractivity contribution in [2.75, 3.05) is 13.1 Å². The normalized spacial score (nSPS) is 20.7. The van der Waals surface area contributed by atoms with E-state index >= 15 is 0 Å². The molecule has 3 aromatic rings. The lowest BCUT2D eigenvalue weighted by molar-refractivity contribution is -0.0545. The molecule has 1 aromatic heterocycles. The number of nitrogens with zero attached hydrogens (tertiary/aromatic N) is 2. The Morgan fingerprint density at radius 3 is 2.49 bits per heavy atom. The molecule has 1 saturated heterocycles. The molecule has 35 heavy (non-hydrogen) atoms. The molecule has 4 rings (SSSR count). The first-order chi connectivity index (χ1) is 16.4. The molecule has 0 unspecified atom stereocenters. The minimum Gasteiger partial charge on any atom is -0.444 e. The Labute approximate surface area is 211 Å². The van der Waals surface area contributed by atoms with Crippen LogP contribution in [0.3, 0.4) is 0 Å². The van der Waals surface area contributed by atoms with E-state index in [1.54, 1.807) is 45.0 Å². The lowest BCUT2D eigenvalue weighted by Crippen LogP contribution is -2.51. The van der Waals surface area contributed by atoms with E-state index in [-0.39, 0.29) is 36.5 Å². The largest absolute Gasteiger partial charge is 0.444 e. The second-order valence-electron chi connectivity index (χ2n) is 9.49. The van der Waals surface area contributed by atoms with E-state index in [9.17, 15) is 18.7 Å². The van der Waals surface area contributed by atoms with E-state index in [0.29, 0.717) is 15.6 Å². The first-order valence-corrected chi connectivity index (χ1v) is 11.7. The Kier molecular flexibility index (Phi) is 6.83. The van der Waals surface area contributed by atoms with Gasteiger partial charge in [-0.1, -0.05) is 40.5 Å². The van der Waals surface area contributed by atoms with Gasteiger partial charge in [0.15, 0.2) is 17.4 Å². The third-order valence-electron chi connectivity index (χ3n) is 5.91. The number of carbonyl (C=O) groups excluding carboxylic acids is 1. The number of aromatic nitrogens is 1. The zero-order chi connectivity index (χ0) is 25.5. The van der Waals surface area contributed by atoms with Crippen LogP contribution in [0.5, 0.6) is 0 Å². The van der Waals surface area contributed by atoms with Crippen molar-refractivity contribution < 1.29 is 27.9 Å². The molecule has 0 bridgehead atoms. The molecule has 0 spiro atoms. The van der Waals surface area contributed by atoms with Crippen LogP contribution >= 0.6 is 23.2 Å². The molecule has 2 aromatic carbocycles. The van der Waals surface area contributed by atoms with Gasteiger partial charge in [-0.05, 0) is 57.0 Å². The fourth-order valence-corrected chi connectivity index (χ4v) is 4.77. The average molecular weight is 525 g/mol. The third-order valence-corrected chi connectivity index (χ3v) is 6.54. The van der Waals surface area contributed by atoms with Gasteiger partial charge in [0, 0.05) is 19.2 Å². The molecule has 0 aliphatic carbocycles. The molecule has 1 aliphatic rings. The molecule has 10 heteroatoms. The van der Waals surface area contributed by atoms with E-state index in [1.807, 2.05) is 0 Å². The minimum atomic E-state index is -1.68. The Bertz CT molecular complexity index is 1240. The van der Waals surface area contributed by atoms with Crippen molar-refractivity contribution in [2.24, 2.45) is 0 Å². The Morgan fingerprint density at radius 2 is 1.86 bits per heavy atom. The molecule has 1 N–H and O–H groups in total. The van der Waals surface area contributed by atoms with Crippen LogP contribution in [0.1, 0.15) is 44.4 Å². The molecule has 6 nitrogen and oxygen atoms in total. The minimum absolute atomic E-state index is 0.00731. The highest BCUT2D eigenvalue weighted by Gasteiger charge is 2.47. The fourth-order valence-electron chi connectivity index (χ4n) is 4.19. The molecule has 2 heterocycles. The monoisotopic (exact) mass is 524 g/mol. The maximum absolute atomic E-state index is 14.1. The Morgan fingerprint density at radius 1 is 1.17 bits per heavy atom. The summed E-state index contributed by atoms with van der Waals surface area (Å²) < 4.78 is 38.7. The Balaban J connectivity index is 1.75. The van der Waals surface area contributed by atoms with Crippen molar-refractivity contribution in [1.29, 1.82) is 0 Å². The van der Waals surface area contributed by atoms with E-state index in [0.717, 1.165) is 12.1 Å². The van der Waals surface area contributed by atoms with E-state index in [4.69, 9.17) is 32.5 Å². The predicted molar refractivity (Wildman–Crippen MR) is 127 cm³/mol. The topological polar surface area (TPSA) is 75.8 Å². The second kappa shape index (κ2) is 9.41. The van der Waals surface area contributed by atoms with Crippen LogP contribution < -0.4 is 0 Å². The first kappa shape index (κ1) is 25.4. The summed E-state index contributed by atoms with van der Waals surface area (Å²) in [7, 11) is 0. The van der Waals surface area contributed by atoms with Crippen LogP contribution in [0.2, 0.25) is 10.0 Å². The van der Waals surface area contributed by atoms with E-state index in [2.05, 4.69) is 5.16 Å². The number of hydrogen-bond donors (Lipinski definition) is 1. The van der Waals surface area contributed by atoms with Gasteiger partial charge < -0.3 is 19.3 Å². The summed E-state index contributed by atoms with van der Waals surface area (Å²) in [5.41, 5.74) is -1.53. The van der Waals surface area contributed by atoms with Crippen molar-refractivity contribution in [2.45, 2.75) is 44.3 Å². The van der Waals surface area contributed by atoms with Gasteiger partial charge in [-0.15, -0.1) is 0 Å². The smallest absolute Gasteiger partial charge is 0.410 e. The van der Waals surface area contributed by atoms with Crippen molar-refractivity contribution >= 4 is 29.3 Å². The number of rotatable bonds is 3. The van der Waals surface area contributed by atoms with Crippen molar-refractivity contribution in [3.8, 4) is 11.3 Å². The Hall–Kier alpha value is -2.68. The van der Waals surface area contributed by atoms with E-state index < -0.39 is 34.8 Å². The molecular weight excluding hydrogens is 501 g/mol. The quantitative estimate of drug-likeness (QED) is 0.421. The van der Waals surface area contributed by atoms with Crippen LogP contribution in [0, 0.1) is 11.6 Å². The lowest BCUT2D eigenvalue weighted by atomic mass is 9.74. The average Bonchev–Trinajstić information content (AvgIpc) is 3.24. The van der Waals surface area contributed by atoms with Gasteiger partial charge in [0.2, 0.25) is 0 Å². The van der Waals surface area contributed by atoms with Gasteiger partial charge in [-0.2, -0.15) is 0 Å². The van der Waals surface area contributed by atoms with Gasteiger partial charge in [0.1, 0.15) is 11.2 Å². The zero-order valence-electron chi connectivity index (χ0n) is 19.3. The van der Waals surface area contributed by atoms with Crippen LogP contribution in [0.4, 0.5) is 13.6 Å². The summed E-state index contributed by atoms with van der Waals surface area (Å²) in [5, 5.41) is 16.6. The fraction of sp³-hybridized carbons (Fsp3) is 0.360. The third kappa shape index (κ3) is 5.15. The van der Waals surface area contributed by atoms with Gasteiger partial charge in [0.25, 0.3) is 0 Å². The van der Waals surface area contributed by atoms with Gasteiger partial charge in [0.05, 0.1) is 27.2 Å². The van der Waals surface area contributed by atoms with Crippen LogP contribution in [0.25, 0.3) is 11.3 Å². The van der Waals surface area contributed by atoms with Gasteiger partial charge in [-0.3, -0.25) is 0 Å². The molecule has 2 atom stereocenters. The van der Waals surface area contributed by atoms with Gasteiger partial charge >= 0.3 is 6.09 Å². The van der Waals surface area contributed by atoms with Gasteiger partial charge in [-0.25, -0.2) is 13.6 Å². The number of halogens is 4. The molecule has 1 amide bonds. The number of amides is 1. The van der Waals surface area contributed by atoms with E-state index in [1.165, 1.54) is 11.0 Å². The maximum Gasteiger partial charge on any atom is 0.410 e. The number of hydrogen-bond acceptors (Lipinski definition) is 5. The molecule has 1 fully saturated rings. The highest BCUT2D eigenvalue weighted by Crippen LogP contribution is 2.45. The van der Waals surface area contributed by atoms with Crippen molar-refractivity contribution in [3.63, 3.8) is 0 Å². The summed E-state index contributed by atoms with van der Waals surface area (Å²) in [6.07, 6.45) is -0.537. The number of carbonyl (C=O) groups is 1. The SMILES string of the molecule is CC(C)(C)OC(=O)N1CC[C@](O)(c2ccc(F)c(F)c2)[C@@H](c2cc(-c3c(Cl)cccc3Cl)on2)C1. The molecule has 1 aliphatic heterocycles. The van der Waals surface area contributed by atoms with Crippen LogP contribution in [-0.2, 0) is 10.3 Å². The summed E-state index contributed by atoms with van der Waals surface area (Å²) >= 11 is 12.6. The second-order valence-corrected chi connectivity index (χ2v) is 10.3. The summed E-state index contributed by atoms with van der Waals surface area (Å²) in [4.78, 5) is 14.2. The van der Waals surface area contributed by atoms with Crippen LogP contribution in [0.15, 0.2) is 47.0 Å². The molecule has 0 radical (unpaired) electrons. The number of piperidine rings is 1. The van der Waals surface area contributed by atoms with Crippen molar-refractivity contribution in [3.05, 3.63) is 75.4 Å². The highest BCUT2D eigenvalue weighted by atomic mass is 35.5. The predicted octanol–water partition coefficient (Wildman–Crippen LogP) is 6.54. The lowest BCUT2D eigenvalue weighted by Gasteiger charge is -2.44. The summed E-state index contributed by atoms with van der Waals surface area (Å²) in [6.45, 7) is 5.37. The number of likely N-dealkylation sites (tertiary alicyclic amines) is 1. The standard InChI is InChI=1S/C25H24Cl2F2N2O4/c1-24(2,3)34-23(32)31-10-9-25(33,14-7-8-18(28)19(29)11-14)15(13-31)20-12-21(35-30-20)22-16(26)5-4-6-17(22)27/h4-8,11-12,15,33H,9-10,13H2,1-3H3/t15-,25+/m1/s1. The molecule has 186 valence electrons. The zero-order valence-corrected chi connectivity index (χ0v) is 20.8. The number of ether oxygens (including phenoxy) is 1. The first-order valence-electron chi connectivity index (χ1n) is 11.0. The summed E-state index contributed by atoms with van der Waals surface area (Å²) in [5.74, 6) is -2.71. The molecule has 0 saturated carbocycles. The van der Waals surface area contributed by atoms with Crippen molar-refractivity contribution in [1.82, 2.24) is 10.1 Å². The maximum atomic E-state index is 14.1. The number of benzene rings is 2. The highest BCUT2D eigenvalue weighted by molar-refractivity contribution is 6.39. The van der Waals surface area contributed by atoms with Crippen LogP contribution in [-0.4, -0.2) is 39.9 Å². The molecular formula is C25H24Cl2F2N2O4. The number of aliphatic hydroxyl groups is 1. The summed E-state index contributed by atoms with van der Waals surface area (Å²) in [6, 6.07) is 9.78.